The maximum absolute atomic E-state index is 2.82. The monoisotopic (exact) mass is 192 g/mol. The SMILES string of the molecule is Cc1cc2c(cc1P)CCC2(C)C. The summed E-state index contributed by atoms with van der Waals surface area (Å²) >= 11 is 0. The van der Waals surface area contributed by atoms with Crippen molar-refractivity contribution in [3.63, 3.8) is 0 Å². The molecule has 1 aliphatic rings. The van der Waals surface area contributed by atoms with Crippen LogP contribution in [0.5, 0.6) is 0 Å². The van der Waals surface area contributed by atoms with Crippen LogP contribution in [0.1, 0.15) is 37.0 Å². The van der Waals surface area contributed by atoms with Crippen molar-refractivity contribution in [2.45, 2.75) is 39.0 Å². The van der Waals surface area contributed by atoms with Gasteiger partial charge in [0, 0.05) is 0 Å². The first kappa shape index (κ1) is 9.21. The number of fused-ring (bicyclic) bond motifs is 1. The van der Waals surface area contributed by atoms with Crippen LogP contribution < -0.4 is 5.30 Å². The fourth-order valence-corrected chi connectivity index (χ4v) is 2.48. The van der Waals surface area contributed by atoms with Crippen molar-refractivity contribution in [1.29, 1.82) is 0 Å². The van der Waals surface area contributed by atoms with Gasteiger partial charge in [0.25, 0.3) is 0 Å². The molecule has 0 fully saturated rings. The second-order valence-electron chi connectivity index (χ2n) is 4.75. The molecule has 0 nitrogen and oxygen atoms in total. The van der Waals surface area contributed by atoms with E-state index >= 15 is 0 Å². The Balaban J connectivity index is 2.61. The third kappa shape index (κ3) is 1.42. The van der Waals surface area contributed by atoms with Gasteiger partial charge in [-0.05, 0) is 47.2 Å². The lowest BCUT2D eigenvalue weighted by molar-refractivity contribution is 0.522. The number of rotatable bonds is 0. The highest BCUT2D eigenvalue weighted by Crippen LogP contribution is 2.38. The van der Waals surface area contributed by atoms with Gasteiger partial charge in [-0.1, -0.05) is 26.0 Å². The van der Waals surface area contributed by atoms with Crippen LogP contribution in [-0.2, 0) is 11.8 Å². The molecule has 0 saturated heterocycles. The smallest absolute Gasteiger partial charge is 0.00976 e. The van der Waals surface area contributed by atoms with Gasteiger partial charge in [0.1, 0.15) is 0 Å². The van der Waals surface area contributed by atoms with E-state index in [9.17, 15) is 0 Å². The Morgan fingerprint density at radius 1 is 1.31 bits per heavy atom. The molecule has 70 valence electrons. The molecule has 0 N–H and O–H groups in total. The minimum Gasteiger partial charge on any atom is -0.105 e. The van der Waals surface area contributed by atoms with E-state index in [1.807, 2.05) is 0 Å². The lowest BCUT2D eigenvalue weighted by Crippen LogP contribution is -2.13. The molecule has 0 radical (unpaired) electrons. The number of hydrogen-bond donors (Lipinski definition) is 0. The van der Waals surface area contributed by atoms with Crippen molar-refractivity contribution < 1.29 is 0 Å². The molecular formula is C12H17P. The number of aryl methyl sites for hydroxylation is 2. The molecule has 1 aromatic carbocycles. The molecular weight excluding hydrogens is 175 g/mol. The van der Waals surface area contributed by atoms with E-state index < -0.39 is 0 Å². The molecule has 13 heavy (non-hydrogen) atoms. The Morgan fingerprint density at radius 2 is 2.00 bits per heavy atom. The molecule has 0 amide bonds. The van der Waals surface area contributed by atoms with E-state index in [0.29, 0.717) is 5.41 Å². The molecule has 1 aliphatic carbocycles. The molecule has 1 heteroatoms. The fourth-order valence-electron chi connectivity index (χ4n) is 2.19. The van der Waals surface area contributed by atoms with Crippen LogP contribution in [0.2, 0.25) is 0 Å². The molecule has 0 saturated carbocycles. The third-order valence-electron chi connectivity index (χ3n) is 3.24. The van der Waals surface area contributed by atoms with Crippen LogP contribution in [0.25, 0.3) is 0 Å². The topological polar surface area (TPSA) is 0 Å². The van der Waals surface area contributed by atoms with Crippen molar-refractivity contribution in [3.05, 3.63) is 28.8 Å². The quantitative estimate of drug-likeness (QED) is 0.554. The van der Waals surface area contributed by atoms with E-state index in [1.165, 1.54) is 23.7 Å². The number of hydrogen-bond acceptors (Lipinski definition) is 0. The average Bonchev–Trinajstić information content (AvgIpc) is 2.31. The minimum absolute atomic E-state index is 0.401. The van der Waals surface area contributed by atoms with Crippen molar-refractivity contribution >= 4 is 14.5 Å². The van der Waals surface area contributed by atoms with Gasteiger partial charge in [0.15, 0.2) is 0 Å². The normalized spacial score (nSPS) is 18.8. The predicted molar refractivity (Wildman–Crippen MR) is 61.9 cm³/mol. The Morgan fingerprint density at radius 3 is 2.69 bits per heavy atom. The average molecular weight is 192 g/mol. The van der Waals surface area contributed by atoms with Gasteiger partial charge in [-0.15, -0.1) is 9.24 Å². The molecule has 1 unspecified atom stereocenters. The zero-order valence-electron chi connectivity index (χ0n) is 8.65. The van der Waals surface area contributed by atoms with Crippen molar-refractivity contribution in [2.75, 3.05) is 0 Å². The van der Waals surface area contributed by atoms with Gasteiger partial charge in [0.2, 0.25) is 0 Å². The Hall–Kier alpha value is -0.350. The van der Waals surface area contributed by atoms with E-state index in [1.54, 1.807) is 11.1 Å². The van der Waals surface area contributed by atoms with E-state index in [2.05, 4.69) is 42.1 Å². The van der Waals surface area contributed by atoms with Crippen molar-refractivity contribution in [2.24, 2.45) is 0 Å². The summed E-state index contributed by atoms with van der Waals surface area (Å²) in [5.74, 6) is 0. The van der Waals surface area contributed by atoms with Crippen LogP contribution in [0.4, 0.5) is 0 Å². The van der Waals surface area contributed by atoms with Gasteiger partial charge in [-0.25, -0.2) is 0 Å². The zero-order chi connectivity index (χ0) is 9.64. The van der Waals surface area contributed by atoms with Crippen LogP contribution in [0.3, 0.4) is 0 Å². The first-order valence-electron chi connectivity index (χ1n) is 4.90. The molecule has 0 heterocycles. The van der Waals surface area contributed by atoms with Gasteiger partial charge in [0.05, 0.1) is 0 Å². The largest absolute Gasteiger partial charge is 0.105 e. The highest BCUT2D eigenvalue weighted by Gasteiger charge is 2.29. The van der Waals surface area contributed by atoms with Crippen LogP contribution in [0.15, 0.2) is 12.1 Å². The third-order valence-corrected chi connectivity index (χ3v) is 3.86. The lowest BCUT2D eigenvalue weighted by atomic mass is 9.86. The lowest BCUT2D eigenvalue weighted by Gasteiger charge is -2.19. The summed E-state index contributed by atoms with van der Waals surface area (Å²) in [6, 6.07) is 4.70. The molecule has 1 aromatic rings. The molecule has 2 rings (SSSR count). The molecule has 0 aromatic heterocycles. The van der Waals surface area contributed by atoms with Crippen LogP contribution >= 0.6 is 9.24 Å². The predicted octanol–water partition coefficient (Wildman–Crippen LogP) is 2.72. The summed E-state index contributed by atoms with van der Waals surface area (Å²) in [6.45, 7) is 6.89. The molecule has 0 bridgehead atoms. The van der Waals surface area contributed by atoms with Gasteiger partial charge < -0.3 is 0 Å². The van der Waals surface area contributed by atoms with Gasteiger partial charge in [-0.3, -0.25) is 0 Å². The van der Waals surface area contributed by atoms with E-state index in [-0.39, 0.29) is 0 Å². The number of benzene rings is 1. The molecule has 0 aliphatic heterocycles. The summed E-state index contributed by atoms with van der Waals surface area (Å²) in [7, 11) is 2.82. The first-order valence-corrected chi connectivity index (χ1v) is 5.48. The van der Waals surface area contributed by atoms with Crippen molar-refractivity contribution in [1.82, 2.24) is 0 Å². The minimum atomic E-state index is 0.401. The fraction of sp³-hybridized carbons (Fsp3) is 0.500. The maximum atomic E-state index is 2.82. The van der Waals surface area contributed by atoms with Crippen LogP contribution in [-0.4, -0.2) is 0 Å². The molecule has 1 atom stereocenters. The summed E-state index contributed by atoms with van der Waals surface area (Å²) in [5.41, 5.74) is 4.92. The standard InChI is InChI=1S/C12H17P/c1-8-6-10-9(7-11(8)13)4-5-12(10,2)3/h6-7H,4-5,13H2,1-3H3. The van der Waals surface area contributed by atoms with Gasteiger partial charge in [-0.2, -0.15) is 0 Å². The van der Waals surface area contributed by atoms with E-state index in [0.717, 1.165) is 0 Å². The summed E-state index contributed by atoms with van der Waals surface area (Å²) in [6.07, 6.45) is 2.56. The highest BCUT2D eigenvalue weighted by atomic mass is 31.0. The first-order chi connectivity index (χ1) is 6.00. The van der Waals surface area contributed by atoms with Crippen molar-refractivity contribution in [3.8, 4) is 0 Å². The summed E-state index contributed by atoms with van der Waals surface area (Å²) in [4.78, 5) is 0. The maximum Gasteiger partial charge on any atom is -0.00976 e. The zero-order valence-corrected chi connectivity index (χ0v) is 9.80. The molecule has 0 spiro atoms. The Bertz CT molecular complexity index is 350. The summed E-state index contributed by atoms with van der Waals surface area (Å²) in [5, 5.41) is 1.36. The van der Waals surface area contributed by atoms with E-state index in [4.69, 9.17) is 0 Å². The Kier molecular flexibility index (Phi) is 2.00. The summed E-state index contributed by atoms with van der Waals surface area (Å²) < 4.78 is 0. The Labute approximate surface area is 82.9 Å². The second kappa shape index (κ2) is 2.82. The van der Waals surface area contributed by atoms with Gasteiger partial charge >= 0.3 is 0 Å². The highest BCUT2D eigenvalue weighted by molar-refractivity contribution is 7.27. The van der Waals surface area contributed by atoms with Crippen LogP contribution in [0, 0.1) is 6.92 Å². The second-order valence-corrected chi connectivity index (χ2v) is 5.37.